The lowest BCUT2D eigenvalue weighted by Gasteiger charge is -2.51. The Kier molecular flexibility index (Phi) is 4.57. The topological polar surface area (TPSA) is 51.2 Å². The van der Waals surface area contributed by atoms with E-state index in [4.69, 9.17) is 0 Å². The molecule has 0 unspecified atom stereocenters. The second-order valence-electron chi connectivity index (χ2n) is 9.11. The van der Waals surface area contributed by atoms with Gasteiger partial charge in [0.05, 0.1) is 0 Å². The smallest absolute Gasteiger partial charge is 0.148 e. The summed E-state index contributed by atoms with van der Waals surface area (Å²) >= 11 is 0. The Morgan fingerprint density at radius 2 is 1.07 bits per heavy atom. The summed E-state index contributed by atoms with van der Waals surface area (Å²) in [5.74, 6) is -0.654. The summed E-state index contributed by atoms with van der Waals surface area (Å²) in [6, 6.07) is 19.3. The van der Waals surface area contributed by atoms with Crippen molar-refractivity contribution < 1.29 is 14.4 Å². The molecular formula is C25H26O3. The molecule has 2 aromatic rings. The van der Waals surface area contributed by atoms with Crippen molar-refractivity contribution in [2.45, 2.75) is 51.4 Å². The van der Waals surface area contributed by atoms with Crippen LogP contribution in [0.1, 0.15) is 62.5 Å². The maximum Gasteiger partial charge on any atom is 0.148 e. The molecule has 0 N–H and O–H groups in total. The molecule has 2 aliphatic rings. The number of carbonyl (C=O) groups is 3. The molecule has 1 spiro atoms. The minimum atomic E-state index is -1.15. The van der Waals surface area contributed by atoms with Crippen LogP contribution < -0.4 is 0 Å². The molecule has 4 rings (SSSR count). The van der Waals surface area contributed by atoms with Gasteiger partial charge in [0.25, 0.3) is 0 Å². The normalized spacial score (nSPS) is 26.4. The van der Waals surface area contributed by atoms with Gasteiger partial charge in [-0.1, -0.05) is 74.5 Å². The molecule has 0 bridgehead atoms. The summed E-state index contributed by atoms with van der Waals surface area (Å²) in [7, 11) is 0. The van der Waals surface area contributed by atoms with Crippen LogP contribution in [0.4, 0.5) is 0 Å². The fourth-order valence-electron chi connectivity index (χ4n) is 5.39. The Labute approximate surface area is 166 Å². The van der Waals surface area contributed by atoms with E-state index in [1.165, 1.54) is 0 Å². The van der Waals surface area contributed by atoms with Crippen LogP contribution in [-0.4, -0.2) is 17.3 Å². The van der Waals surface area contributed by atoms with Crippen LogP contribution in [0.5, 0.6) is 0 Å². The van der Waals surface area contributed by atoms with E-state index in [0.29, 0.717) is 12.8 Å². The summed E-state index contributed by atoms with van der Waals surface area (Å²) in [5.41, 5.74) is 0.353. The zero-order chi connectivity index (χ0) is 19.9. The van der Waals surface area contributed by atoms with E-state index < -0.39 is 17.3 Å². The van der Waals surface area contributed by atoms with Crippen molar-refractivity contribution in [3.05, 3.63) is 71.8 Å². The largest absolute Gasteiger partial charge is 0.300 e. The third-order valence-electron chi connectivity index (χ3n) is 6.57. The Morgan fingerprint density at radius 1 is 0.679 bits per heavy atom. The maximum absolute atomic E-state index is 13.7. The fraction of sp³-hybridized carbons (Fsp3) is 0.400. The molecule has 28 heavy (non-hydrogen) atoms. The van der Waals surface area contributed by atoms with Gasteiger partial charge in [-0.25, -0.2) is 0 Å². The predicted octanol–water partition coefficient (Wildman–Crippen LogP) is 4.86. The van der Waals surface area contributed by atoms with Crippen molar-refractivity contribution in [3.63, 3.8) is 0 Å². The summed E-state index contributed by atoms with van der Waals surface area (Å²) in [6.45, 7) is 3.97. The number of carbonyl (C=O) groups excluding carboxylic acids is 3. The van der Waals surface area contributed by atoms with Gasteiger partial charge in [-0.3, -0.25) is 14.4 Å². The third kappa shape index (κ3) is 2.94. The van der Waals surface area contributed by atoms with E-state index in [2.05, 4.69) is 0 Å². The van der Waals surface area contributed by atoms with Crippen molar-refractivity contribution in [2.24, 2.45) is 10.8 Å². The molecule has 2 saturated carbocycles. The van der Waals surface area contributed by atoms with Gasteiger partial charge in [0.15, 0.2) is 0 Å². The van der Waals surface area contributed by atoms with Crippen LogP contribution in [-0.2, 0) is 14.4 Å². The van der Waals surface area contributed by atoms with Crippen LogP contribution in [0.25, 0.3) is 0 Å². The predicted molar refractivity (Wildman–Crippen MR) is 108 cm³/mol. The Bertz CT molecular complexity index is 838. The minimum Gasteiger partial charge on any atom is -0.300 e. The molecule has 2 fully saturated rings. The fourth-order valence-corrected chi connectivity index (χ4v) is 5.39. The number of ketones is 3. The number of hydrogen-bond donors (Lipinski definition) is 0. The quantitative estimate of drug-likeness (QED) is 0.705. The van der Waals surface area contributed by atoms with Gasteiger partial charge in [-0.05, 0) is 16.5 Å². The first kappa shape index (κ1) is 18.8. The highest BCUT2D eigenvalue weighted by atomic mass is 16.2. The molecule has 3 nitrogen and oxygen atoms in total. The second kappa shape index (κ2) is 6.80. The number of hydrogen-bond acceptors (Lipinski definition) is 3. The van der Waals surface area contributed by atoms with Gasteiger partial charge in [0, 0.05) is 37.5 Å². The molecule has 2 aromatic carbocycles. The summed E-state index contributed by atoms with van der Waals surface area (Å²) in [4.78, 5) is 40.3. The van der Waals surface area contributed by atoms with E-state index >= 15 is 0 Å². The van der Waals surface area contributed by atoms with Crippen molar-refractivity contribution in [2.75, 3.05) is 0 Å². The molecule has 0 aromatic heterocycles. The lowest BCUT2D eigenvalue weighted by molar-refractivity contribution is -0.155. The van der Waals surface area contributed by atoms with Gasteiger partial charge in [-0.2, -0.15) is 0 Å². The van der Waals surface area contributed by atoms with E-state index in [9.17, 15) is 14.4 Å². The zero-order valence-corrected chi connectivity index (χ0v) is 16.5. The van der Waals surface area contributed by atoms with E-state index in [1.807, 2.05) is 74.5 Å². The van der Waals surface area contributed by atoms with Crippen LogP contribution in [0, 0.1) is 10.8 Å². The molecule has 0 saturated heterocycles. The first-order valence-electron chi connectivity index (χ1n) is 10.0. The minimum absolute atomic E-state index is 0.00366. The van der Waals surface area contributed by atoms with Gasteiger partial charge >= 0.3 is 0 Å². The van der Waals surface area contributed by atoms with Gasteiger partial charge in [0.2, 0.25) is 0 Å². The standard InChI is InChI=1S/C25H26O3/c1-24(2)15-22(27)25(23(28)16-24)20(17-9-5-3-6-10-17)13-19(26)14-21(25)18-11-7-4-8-12-18/h3-12,20-21H,13-16H2,1-2H3/t20-,21-/m1/s1. The molecule has 0 radical (unpaired) electrons. The number of Topliss-reactive ketones (excluding diaryl/α,β-unsaturated/α-hetero) is 3. The molecule has 0 heterocycles. The summed E-state index contributed by atoms with van der Waals surface area (Å²) in [6.07, 6.45) is 1.26. The highest BCUT2D eigenvalue weighted by Crippen LogP contribution is 2.59. The Morgan fingerprint density at radius 3 is 1.46 bits per heavy atom. The number of benzene rings is 2. The van der Waals surface area contributed by atoms with Crippen LogP contribution in [0.2, 0.25) is 0 Å². The number of rotatable bonds is 2. The highest BCUT2D eigenvalue weighted by molar-refractivity contribution is 6.13. The average Bonchev–Trinajstić information content (AvgIpc) is 2.67. The Hall–Kier alpha value is -2.55. The second-order valence-corrected chi connectivity index (χ2v) is 9.11. The van der Waals surface area contributed by atoms with Crippen LogP contribution >= 0.6 is 0 Å². The van der Waals surface area contributed by atoms with Crippen molar-refractivity contribution in [3.8, 4) is 0 Å². The molecular weight excluding hydrogens is 348 g/mol. The molecule has 0 amide bonds. The molecule has 2 atom stereocenters. The van der Waals surface area contributed by atoms with Crippen molar-refractivity contribution >= 4 is 17.3 Å². The lowest BCUT2D eigenvalue weighted by atomic mass is 9.48. The average molecular weight is 374 g/mol. The first-order chi connectivity index (χ1) is 13.3. The van der Waals surface area contributed by atoms with Crippen molar-refractivity contribution in [1.82, 2.24) is 0 Å². The zero-order valence-electron chi connectivity index (χ0n) is 16.5. The monoisotopic (exact) mass is 374 g/mol. The Balaban J connectivity index is 1.94. The third-order valence-corrected chi connectivity index (χ3v) is 6.57. The van der Waals surface area contributed by atoms with Crippen molar-refractivity contribution in [1.29, 1.82) is 0 Å². The maximum atomic E-state index is 13.7. The van der Waals surface area contributed by atoms with Gasteiger partial charge in [0.1, 0.15) is 22.8 Å². The molecule has 2 aliphatic carbocycles. The highest BCUT2D eigenvalue weighted by Gasteiger charge is 2.62. The van der Waals surface area contributed by atoms with E-state index in [-0.39, 0.29) is 35.6 Å². The molecule has 0 aliphatic heterocycles. The first-order valence-corrected chi connectivity index (χ1v) is 10.0. The van der Waals surface area contributed by atoms with Crippen LogP contribution in [0.3, 0.4) is 0 Å². The van der Waals surface area contributed by atoms with E-state index in [0.717, 1.165) is 11.1 Å². The van der Waals surface area contributed by atoms with Crippen LogP contribution in [0.15, 0.2) is 60.7 Å². The SMILES string of the molecule is CC1(C)CC(=O)C2(C(=O)C1)[C@@H](c1ccccc1)CC(=O)C[C@@H]2c1ccccc1. The molecule has 144 valence electrons. The summed E-state index contributed by atoms with van der Waals surface area (Å²) in [5, 5.41) is 0. The van der Waals surface area contributed by atoms with E-state index in [1.54, 1.807) is 0 Å². The molecule has 3 heteroatoms. The summed E-state index contributed by atoms with van der Waals surface area (Å²) < 4.78 is 0. The van der Waals surface area contributed by atoms with Gasteiger partial charge in [-0.15, -0.1) is 0 Å². The lowest BCUT2D eigenvalue weighted by Crippen LogP contribution is -2.57. The van der Waals surface area contributed by atoms with Gasteiger partial charge < -0.3 is 0 Å².